The van der Waals surface area contributed by atoms with Crippen molar-refractivity contribution < 1.29 is 17.7 Å². The van der Waals surface area contributed by atoms with E-state index >= 15 is 0 Å². The number of ether oxygens (including phenoxy) is 1. The standard InChI is InChI=1S/C18H17N3O4S/c1-24-16-10-6-5-9-15(16)17-19-18(25-20-17)13-11-21(12-13)26(22,23)14-7-3-2-4-8-14/h2-10,13H,11-12H2,1H3. The van der Waals surface area contributed by atoms with E-state index in [1.807, 2.05) is 24.3 Å². The third kappa shape index (κ3) is 2.87. The van der Waals surface area contributed by atoms with E-state index in [0.29, 0.717) is 35.4 Å². The van der Waals surface area contributed by atoms with Gasteiger partial charge in [0.1, 0.15) is 5.75 Å². The van der Waals surface area contributed by atoms with Gasteiger partial charge in [0.2, 0.25) is 21.7 Å². The maximum atomic E-state index is 12.5. The van der Waals surface area contributed by atoms with E-state index in [2.05, 4.69) is 10.1 Å². The number of aromatic nitrogens is 2. The second-order valence-electron chi connectivity index (χ2n) is 5.99. The first-order valence-corrected chi connectivity index (χ1v) is 9.56. The van der Waals surface area contributed by atoms with Crippen molar-refractivity contribution in [3.05, 3.63) is 60.5 Å². The highest BCUT2D eigenvalue weighted by atomic mass is 32.2. The predicted octanol–water partition coefficient (Wildman–Crippen LogP) is 2.53. The number of hydrogen-bond acceptors (Lipinski definition) is 6. The summed E-state index contributed by atoms with van der Waals surface area (Å²) in [4.78, 5) is 4.71. The average Bonchev–Trinajstić information content (AvgIpc) is 3.10. The lowest BCUT2D eigenvalue weighted by atomic mass is 10.0. The minimum atomic E-state index is -3.48. The van der Waals surface area contributed by atoms with Gasteiger partial charge in [-0.2, -0.15) is 9.29 Å². The number of methoxy groups -OCH3 is 1. The zero-order valence-corrected chi connectivity index (χ0v) is 14.9. The van der Waals surface area contributed by atoms with Gasteiger partial charge in [-0.3, -0.25) is 0 Å². The first-order valence-electron chi connectivity index (χ1n) is 8.12. The molecule has 1 saturated heterocycles. The SMILES string of the molecule is COc1ccccc1-c1noc(C2CN(S(=O)(=O)c3ccccc3)C2)n1. The highest BCUT2D eigenvalue weighted by Gasteiger charge is 2.40. The molecule has 7 nitrogen and oxygen atoms in total. The summed E-state index contributed by atoms with van der Waals surface area (Å²) in [7, 11) is -1.89. The van der Waals surface area contributed by atoms with Crippen LogP contribution in [0.3, 0.4) is 0 Å². The van der Waals surface area contributed by atoms with Gasteiger partial charge in [0.15, 0.2) is 0 Å². The molecule has 1 aromatic heterocycles. The van der Waals surface area contributed by atoms with Gasteiger partial charge in [-0.05, 0) is 24.3 Å². The molecule has 1 fully saturated rings. The second-order valence-corrected chi connectivity index (χ2v) is 7.93. The Hall–Kier alpha value is -2.71. The highest BCUT2D eigenvalue weighted by molar-refractivity contribution is 7.89. The lowest BCUT2D eigenvalue weighted by Gasteiger charge is -2.35. The Labute approximate surface area is 151 Å². The molecule has 0 N–H and O–H groups in total. The molecule has 4 rings (SSSR count). The maximum absolute atomic E-state index is 12.5. The maximum Gasteiger partial charge on any atom is 0.243 e. The van der Waals surface area contributed by atoms with Gasteiger partial charge in [0.25, 0.3) is 0 Å². The fraction of sp³-hybridized carbons (Fsp3) is 0.222. The molecule has 0 bridgehead atoms. The molecule has 3 aromatic rings. The molecule has 0 aliphatic carbocycles. The number of sulfonamides is 1. The molecule has 134 valence electrons. The van der Waals surface area contributed by atoms with E-state index in [1.54, 1.807) is 37.4 Å². The van der Waals surface area contributed by atoms with Gasteiger partial charge in [-0.25, -0.2) is 8.42 Å². The monoisotopic (exact) mass is 371 g/mol. The van der Waals surface area contributed by atoms with E-state index in [4.69, 9.17) is 9.26 Å². The summed E-state index contributed by atoms with van der Waals surface area (Å²) in [5.41, 5.74) is 0.734. The Kier molecular flexibility index (Phi) is 4.21. The van der Waals surface area contributed by atoms with Crippen LogP contribution < -0.4 is 4.74 Å². The Morgan fingerprint density at radius 3 is 2.50 bits per heavy atom. The molecule has 0 unspecified atom stereocenters. The minimum Gasteiger partial charge on any atom is -0.496 e. The normalized spacial score (nSPS) is 15.6. The summed E-state index contributed by atoms with van der Waals surface area (Å²) in [6, 6.07) is 15.8. The summed E-state index contributed by atoms with van der Waals surface area (Å²) >= 11 is 0. The summed E-state index contributed by atoms with van der Waals surface area (Å²) in [6.45, 7) is 0.648. The first-order chi connectivity index (χ1) is 12.6. The van der Waals surface area contributed by atoms with Gasteiger partial charge in [-0.15, -0.1) is 0 Å². The Morgan fingerprint density at radius 1 is 1.08 bits per heavy atom. The summed E-state index contributed by atoms with van der Waals surface area (Å²) in [5.74, 6) is 1.42. The van der Waals surface area contributed by atoms with E-state index in [1.165, 1.54) is 4.31 Å². The minimum absolute atomic E-state index is 0.107. The zero-order valence-electron chi connectivity index (χ0n) is 14.1. The van der Waals surface area contributed by atoms with Gasteiger partial charge in [-0.1, -0.05) is 35.5 Å². The number of nitrogens with zero attached hydrogens (tertiary/aromatic N) is 3. The van der Waals surface area contributed by atoms with Crippen molar-refractivity contribution >= 4 is 10.0 Å². The van der Waals surface area contributed by atoms with Crippen molar-refractivity contribution in [1.82, 2.24) is 14.4 Å². The van der Waals surface area contributed by atoms with Crippen molar-refractivity contribution in [2.45, 2.75) is 10.8 Å². The van der Waals surface area contributed by atoms with Crippen LogP contribution in [0.5, 0.6) is 5.75 Å². The average molecular weight is 371 g/mol. The second kappa shape index (κ2) is 6.54. The molecule has 1 aliphatic heterocycles. The molecule has 0 amide bonds. The molecule has 0 radical (unpaired) electrons. The third-order valence-corrected chi connectivity index (χ3v) is 6.21. The molecule has 0 spiro atoms. The fourth-order valence-corrected chi connectivity index (χ4v) is 4.42. The van der Waals surface area contributed by atoms with Crippen LogP contribution in [0.2, 0.25) is 0 Å². The smallest absolute Gasteiger partial charge is 0.243 e. The van der Waals surface area contributed by atoms with E-state index < -0.39 is 10.0 Å². The number of para-hydroxylation sites is 1. The highest BCUT2D eigenvalue weighted by Crippen LogP contribution is 2.33. The lowest BCUT2D eigenvalue weighted by Crippen LogP contribution is -2.48. The van der Waals surface area contributed by atoms with Crippen LogP contribution in [-0.2, 0) is 10.0 Å². The molecule has 2 aromatic carbocycles. The van der Waals surface area contributed by atoms with Crippen LogP contribution >= 0.6 is 0 Å². The molecule has 2 heterocycles. The molecular formula is C18H17N3O4S. The molecule has 0 saturated carbocycles. The summed E-state index contributed by atoms with van der Waals surface area (Å²) in [5, 5.41) is 4.01. The number of hydrogen-bond donors (Lipinski definition) is 0. The van der Waals surface area contributed by atoms with Crippen molar-refractivity contribution in [2.24, 2.45) is 0 Å². The van der Waals surface area contributed by atoms with Crippen LogP contribution in [0, 0.1) is 0 Å². The summed E-state index contributed by atoms with van der Waals surface area (Å²) in [6.07, 6.45) is 0. The molecule has 8 heteroatoms. The largest absolute Gasteiger partial charge is 0.496 e. The quantitative estimate of drug-likeness (QED) is 0.685. The lowest BCUT2D eigenvalue weighted by molar-refractivity contribution is 0.217. The Morgan fingerprint density at radius 2 is 1.77 bits per heavy atom. The van der Waals surface area contributed by atoms with E-state index in [0.717, 1.165) is 5.56 Å². The first kappa shape index (κ1) is 16.7. The van der Waals surface area contributed by atoms with Crippen molar-refractivity contribution in [2.75, 3.05) is 20.2 Å². The fourth-order valence-electron chi connectivity index (χ4n) is 2.87. The zero-order chi connectivity index (χ0) is 18.1. The molecule has 26 heavy (non-hydrogen) atoms. The van der Waals surface area contributed by atoms with Crippen molar-refractivity contribution in [3.63, 3.8) is 0 Å². The van der Waals surface area contributed by atoms with Crippen LogP contribution in [0.15, 0.2) is 64.0 Å². The van der Waals surface area contributed by atoms with Crippen LogP contribution in [-0.4, -0.2) is 43.1 Å². The molecule has 0 atom stereocenters. The Balaban J connectivity index is 1.50. The number of rotatable bonds is 5. The van der Waals surface area contributed by atoms with Crippen LogP contribution in [0.4, 0.5) is 0 Å². The van der Waals surface area contributed by atoms with Gasteiger partial charge in [0.05, 0.1) is 23.5 Å². The number of benzene rings is 2. The van der Waals surface area contributed by atoms with Crippen LogP contribution in [0.1, 0.15) is 11.8 Å². The summed E-state index contributed by atoms with van der Waals surface area (Å²) < 4.78 is 37.2. The van der Waals surface area contributed by atoms with Gasteiger partial charge >= 0.3 is 0 Å². The molecule has 1 aliphatic rings. The van der Waals surface area contributed by atoms with Gasteiger partial charge < -0.3 is 9.26 Å². The van der Waals surface area contributed by atoms with Gasteiger partial charge in [0, 0.05) is 13.1 Å². The van der Waals surface area contributed by atoms with Crippen molar-refractivity contribution in [1.29, 1.82) is 0 Å². The van der Waals surface area contributed by atoms with E-state index in [9.17, 15) is 8.42 Å². The predicted molar refractivity (Wildman–Crippen MR) is 94.2 cm³/mol. The third-order valence-electron chi connectivity index (χ3n) is 4.37. The molecular weight excluding hydrogens is 354 g/mol. The topological polar surface area (TPSA) is 85.5 Å². The van der Waals surface area contributed by atoms with E-state index in [-0.39, 0.29) is 5.92 Å². The Bertz CT molecular complexity index is 1010. The van der Waals surface area contributed by atoms with Crippen molar-refractivity contribution in [3.8, 4) is 17.1 Å². The van der Waals surface area contributed by atoms with Crippen LogP contribution in [0.25, 0.3) is 11.4 Å².